The SMILES string of the molecule is C=C[C@@H](O[P@@](=O)(N[C@@H](C)C(=O)OCC(CC)CC)Oc1ccccc1)[C@H]1O[C@@H](n2cc(F)c(=O)[nH]c2=O)C[C@@H]1O. The number of esters is 1. The molecule has 0 saturated carbocycles. The van der Waals surface area contributed by atoms with Crippen molar-refractivity contribution >= 4 is 13.7 Å². The molecule has 2 aromatic rings. The van der Waals surface area contributed by atoms with Crippen molar-refractivity contribution < 1.29 is 37.4 Å². The molecule has 0 bridgehead atoms. The standard InChI is InChI=1S/C26H35FN3O9P/c1-5-17(6-2)15-36-25(33)16(4)29-40(35,38-18-11-9-8-10-12-18)39-21(7-3)23-20(31)13-22(37-23)30-14-19(27)24(32)28-26(30)34/h7-12,14,16-17,20-23,31H,3,5-6,13,15H2,1-2,4H3,(H,29,35)(H,28,32,34)/t16-,20-,21+,22+,23-,40+/m0/s1. The lowest BCUT2D eigenvalue weighted by molar-refractivity contribution is -0.146. The number of hydrogen-bond acceptors (Lipinski definition) is 9. The minimum Gasteiger partial charge on any atom is -0.464 e. The zero-order chi connectivity index (χ0) is 29.4. The quantitative estimate of drug-likeness (QED) is 0.171. The van der Waals surface area contributed by atoms with Crippen molar-refractivity contribution in [3.8, 4) is 5.75 Å². The number of aliphatic hydroxyl groups excluding tert-OH is 1. The Morgan fingerprint density at radius 1 is 1.32 bits per heavy atom. The number of rotatable bonds is 14. The van der Waals surface area contributed by atoms with Gasteiger partial charge in [0.2, 0.25) is 5.82 Å². The highest BCUT2D eigenvalue weighted by Gasteiger charge is 2.44. The van der Waals surface area contributed by atoms with Crippen LogP contribution in [0.25, 0.3) is 0 Å². The van der Waals surface area contributed by atoms with Crippen molar-refractivity contribution in [2.45, 2.75) is 70.6 Å². The van der Waals surface area contributed by atoms with Gasteiger partial charge in [0.1, 0.15) is 30.2 Å². The first-order chi connectivity index (χ1) is 19.0. The molecule has 14 heteroatoms. The Morgan fingerprint density at radius 3 is 2.62 bits per heavy atom. The summed E-state index contributed by atoms with van der Waals surface area (Å²) in [5, 5.41) is 13.3. The monoisotopic (exact) mass is 583 g/mol. The molecule has 1 aromatic heterocycles. The molecule has 0 amide bonds. The van der Waals surface area contributed by atoms with Crippen molar-refractivity contribution in [1.82, 2.24) is 14.6 Å². The Labute approximate surface area is 230 Å². The molecule has 0 aliphatic carbocycles. The van der Waals surface area contributed by atoms with Gasteiger partial charge in [-0.2, -0.15) is 9.48 Å². The zero-order valence-electron chi connectivity index (χ0n) is 22.5. The van der Waals surface area contributed by atoms with E-state index in [1.807, 2.05) is 18.8 Å². The van der Waals surface area contributed by atoms with Gasteiger partial charge in [0.25, 0.3) is 5.56 Å². The summed E-state index contributed by atoms with van der Waals surface area (Å²) in [6, 6.07) is 6.97. The minimum absolute atomic E-state index is 0.166. The predicted octanol–water partition coefficient (Wildman–Crippen LogP) is 3.04. The molecule has 1 aliphatic rings. The van der Waals surface area contributed by atoms with Crippen molar-refractivity contribution in [3.05, 3.63) is 75.8 Å². The Morgan fingerprint density at radius 2 is 2.00 bits per heavy atom. The Hall–Kier alpha value is -3.09. The summed E-state index contributed by atoms with van der Waals surface area (Å²) >= 11 is 0. The van der Waals surface area contributed by atoms with Crippen molar-refractivity contribution in [1.29, 1.82) is 0 Å². The number of nitrogens with one attached hydrogen (secondary N) is 2. The van der Waals surface area contributed by atoms with Crippen LogP contribution in [0.3, 0.4) is 0 Å². The fourth-order valence-corrected chi connectivity index (χ4v) is 5.72. The molecule has 3 N–H and O–H groups in total. The molecule has 2 heterocycles. The Balaban J connectivity index is 1.81. The van der Waals surface area contributed by atoms with E-state index in [0.29, 0.717) is 6.20 Å². The molecular formula is C26H35FN3O9P. The molecule has 6 atom stereocenters. The molecule has 0 unspecified atom stereocenters. The summed E-state index contributed by atoms with van der Waals surface area (Å²) in [5.74, 6) is -1.53. The van der Waals surface area contributed by atoms with Gasteiger partial charge in [-0.25, -0.2) is 9.36 Å². The number of ether oxygens (including phenoxy) is 2. The van der Waals surface area contributed by atoms with Gasteiger partial charge >= 0.3 is 19.4 Å². The van der Waals surface area contributed by atoms with Crippen LogP contribution in [-0.2, 0) is 23.4 Å². The van der Waals surface area contributed by atoms with Crippen molar-refractivity contribution in [2.75, 3.05) is 6.61 Å². The third kappa shape index (κ3) is 7.98. The number of para-hydroxylation sites is 1. The molecule has 220 valence electrons. The van der Waals surface area contributed by atoms with Gasteiger partial charge in [0.05, 0.1) is 18.9 Å². The summed E-state index contributed by atoms with van der Waals surface area (Å²) in [6.45, 7) is 9.29. The number of aromatic amines is 1. The van der Waals surface area contributed by atoms with Gasteiger partial charge in [-0.3, -0.25) is 23.7 Å². The smallest absolute Gasteiger partial charge is 0.460 e. The van der Waals surface area contributed by atoms with Crippen LogP contribution in [0.1, 0.15) is 46.3 Å². The van der Waals surface area contributed by atoms with Gasteiger partial charge in [-0.15, -0.1) is 6.58 Å². The second kappa shape index (κ2) is 14.0. The van der Waals surface area contributed by atoms with Gasteiger partial charge < -0.3 is 19.1 Å². The molecule has 1 saturated heterocycles. The van der Waals surface area contributed by atoms with E-state index in [1.54, 1.807) is 18.2 Å². The maximum absolute atomic E-state index is 14.0. The lowest BCUT2D eigenvalue weighted by Gasteiger charge is -2.29. The van der Waals surface area contributed by atoms with Crippen molar-refractivity contribution in [2.24, 2.45) is 5.92 Å². The van der Waals surface area contributed by atoms with Crippen LogP contribution in [0, 0.1) is 11.7 Å². The molecule has 1 aromatic carbocycles. The topological polar surface area (TPSA) is 158 Å². The van der Waals surface area contributed by atoms with E-state index in [4.69, 9.17) is 18.5 Å². The number of carbonyl (C=O) groups is 1. The molecule has 0 spiro atoms. The first-order valence-electron chi connectivity index (χ1n) is 12.9. The van der Waals surface area contributed by atoms with Crippen LogP contribution in [0.2, 0.25) is 0 Å². The lowest BCUT2D eigenvalue weighted by Crippen LogP contribution is -2.40. The molecule has 40 heavy (non-hydrogen) atoms. The second-order valence-electron chi connectivity index (χ2n) is 9.37. The molecule has 1 fully saturated rings. The van der Waals surface area contributed by atoms with Crippen molar-refractivity contribution in [3.63, 3.8) is 0 Å². The first kappa shape index (κ1) is 31.4. The molecule has 0 radical (unpaired) electrons. The third-order valence-electron chi connectivity index (χ3n) is 6.48. The van der Waals surface area contributed by atoms with E-state index in [-0.39, 0.29) is 24.7 Å². The number of nitrogens with zero attached hydrogens (tertiary/aromatic N) is 1. The Bertz CT molecular complexity index is 1310. The average Bonchev–Trinajstić information content (AvgIpc) is 3.31. The number of aliphatic hydroxyl groups is 1. The van der Waals surface area contributed by atoms with Crippen LogP contribution in [0.15, 0.2) is 58.8 Å². The third-order valence-corrected chi connectivity index (χ3v) is 8.15. The average molecular weight is 584 g/mol. The molecular weight excluding hydrogens is 548 g/mol. The number of carbonyl (C=O) groups excluding carboxylic acids is 1. The molecule has 3 rings (SSSR count). The van der Waals surface area contributed by atoms with E-state index in [9.17, 15) is 28.4 Å². The molecule has 1 aliphatic heterocycles. The van der Waals surface area contributed by atoms with Gasteiger partial charge in [-0.1, -0.05) is 51.0 Å². The number of aromatic nitrogens is 2. The van der Waals surface area contributed by atoms with E-state index in [0.717, 1.165) is 17.4 Å². The highest BCUT2D eigenvalue weighted by molar-refractivity contribution is 7.52. The van der Waals surface area contributed by atoms with Crippen LogP contribution in [0.5, 0.6) is 5.75 Å². The summed E-state index contributed by atoms with van der Waals surface area (Å²) in [7, 11) is -4.37. The zero-order valence-corrected chi connectivity index (χ0v) is 23.4. The van der Waals surface area contributed by atoms with Crippen LogP contribution in [-0.4, -0.2) is 51.6 Å². The fraction of sp³-hybridized carbons (Fsp3) is 0.500. The fourth-order valence-electron chi connectivity index (χ4n) is 4.05. The van der Waals surface area contributed by atoms with E-state index < -0.39 is 61.4 Å². The maximum Gasteiger partial charge on any atom is 0.460 e. The maximum atomic E-state index is 14.0. The highest BCUT2D eigenvalue weighted by atomic mass is 31.2. The second-order valence-corrected chi connectivity index (χ2v) is 11.0. The van der Waals surface area contributed by atoms with E-state index in [2.05, 4.69) is 11.7 Å². The first-order valence-corrected chi connectivity index (χ1v) is 14.5. The van der Waals surface area contributed by atoms with Gasteiger partial charge in [-0.05, 0) is 25.0 Å². The number of halogens is 1. The largest absolute Gasteiger partial charge is 0.464 e. The summed E-state index contributed by atoms with van der Waals surface area (Å²) < 4.78 is 51.2. The lowest BCUT2D eigenvalue weighted by atomic mass is 10.1. The van der Waals surface area contributed by atoms with Crippen LogP contribution < -0.4 is 20.9 Å². The Kier molecular flexibility index (Phi) is 11.0. The summed E-state index contributed by atoms with van der Waals surface area (Å²) in [6.07, 6.45) is -1.60. The number of benzene rings is 1. The highest BCUT2D eigenvalue weighted by Crippen LogP contribution is 2.48. The number of H-pyrrole nitrogens is 1. The predicted molar refractivity (Wildman–Crippen MR) is 143 cm³/mol. The summed E-state index contributed by atoms with van der Waals surface area (Å²) in [5.41, 5.74) is -2.14. The minimum atomic E-state index is -4.37. The van der Waals surface area contributed by atoms with E-state index in [1.165, 1.54) is 25.1 Å². The van der Waals surface area contributed by atoms with Crippen LogP contribution in [0.4, 0.5) is 4.39 Å². The van der Waals surface area contributed by atoms with E-state index >= 15 is 0 Å². The van der Waals surface area contributed by atoms with Gasteiger partial charge in [0.15, 0.2) is 0 Å². The summed E-state index contributed by atoms with van der Waals surface area (Å²) in [4.78, 5) is 38.1. The number of hydrogen-bond donors (Lipinski definition) is 3. The molecule has 12 nitrogen and oxygen atoms in total. The normalized spacial score (nSPS) is 21.9. The van der Waals surface area contributed by atoms with Gasteiger partial charge in [0, 0.05) is 6.42 Å². The van der Waals surface area contributed by atoms with Crippen LogP contribution >= 0.6 is 7.75 Å².